The third-order valence-electron chi connectivity index (χ3n) is 3.51. The van der Waals surface area contributed by atoms with Gasteiger partial charge in [-0.25, -0.2) is 4.57 Å². The average molecular weight is 387 g/mol. The van der Waals surface area contributed by atoms with Gasteiger partial charge in [-0.05, 0) is 0 Å². The Morgan fingerprint density at radius 3 is 2.32 bits per heavy atom. The Kier molecular flexibility index (Phi) is 7.94. The summed E-state index contributed by atoms with van der Waals surface area (Å²) in [5, 5.41) is 32.0. The molecular formula is C13H28N2O9P+. The van der Waals surface area contributed by atoms with Crippen molar-refractivity contribution in [1.29, 1.82) is 0 Å². The van der Waals surface area contributed by atoms with E-state index < -0.39 is 51.0 Å². The summed E-state index contributed by atoms with van der Waals surface area (Å²) in [6, 6.07) is -1.23. The fraction of sp³-hybridized carbons (Fsp3) is 0.923. The molecule has 1 aliphatic rings. The van der Waals surface area contributed by atoms with Crippen LogP contribution in [0.5, 0.6) is 0 Å². The Labute approximate surface area is 146 Å². The first kappa shape index (κ1) is 22.4. The molecule has 11 nitrogen and oxygen atoms in total. The molecule has 1 aliphatic heterocycles. The van der Waals surface area contributed by atoms with Gasteiger partial charge in [0.2, 0.25) is 5.91 Å². The molecule has 0 aromatic heterocycles. The Morgan fingerprint density at radius 1 is 1.20 bits per heavy atom. The fourth-order valence-corrected chi connectivity index (χ4v) is 2.83. The van der Waals surface area contributed by atoms with Crippen LogP contribution >= 0.6 is 7.82 Å². The smallest absolute Gasteiger partial charge is 0.388 e. The molecule has 12 heteroatoms. The first-order chi connectivity index (χ1) is 11.3. The van der Waals surface area contributed by atoms with Gasteiger partial charge in [0.25, 0.3) is 0 Å². The number of carbonyl (C=O) groups excluding carboxylic acids is 1. The summed E-state index contributed by atoms with van der Waals surface area (Å²) in [5.74, 6) is -0.529. The number of aliphatic hydroxyl groups excluding tert-OH is 3. The average Bonchev–Trinajstić information content (AvgIpc) is 2.44. The summed E-state index contributed by atoms with van der Waals surface area (Å²) < 4.78 is 26.9. The molecule has 0 bridgehead atoms. The molecule has 148 valence electrons. The van der Waals surface area contributed by atoms with Crippen molar-refractivity contribution in [2.45, 2.75) is 37.6 Å². The van der Waals surface area contributed by atoms with Crippen LogP contribution in [0, 0.1) is 0 Å². The summed E-state index contributed by atoms with van der Waals surface area (Å²) >= 11 is 0. The van der Waals surface area contributed by atoms with E-state index in [1.807, 2.05) is 21.1 Å². The molecule has 1 heterocycles. The number of ether oxygens (including phenoxy) is 1. The number of phosphoric acid groups is 1. The Bertz CT molecular complexity index is 498. The summed E-state index contributed by atoms with van der Waals surface area (Å²) in [7, 11) is 1.26. The van der Waals surface area contributed by atoms with E-state index in [-0.39, 0.29) is 6.61 Å². The van der Waals surface area contributed by atoms with Crippen LogP contribution in [0.1, 0.15) is 6.92 Å². The third kappa shape index (κ3) is 7.65. The van der Waals surface area contributed by atoms with Crippen molar-refractivity contribution in [3.63, 3.8) is 0 Å². The minimum absolute atomic E-state index is 0.0266. The van der Waals surface area contributed by atoms with Crippen molar-refractivity contribution in [3.05, 3.63) is 0 Å². The van der Waals surface area contributed by atoms with Crippen LogP contribution in [0.2, 0.25) is 0 Å². The van der Waals surface area contributed by atoms with E-state index in [2.05, 4.69) is 5.32 Å². The maximum Gasteiger partial charge on any atom is 0.472 e. The quantitative estimate of drug-likeness (QED) is 0.230. The molecule has 0 aromatic carbocycles. The number of hydrogen-bond acceptors (Lipinski definition) is 8. The van der Waals surface area contributed by atoms with E-state index in [9.17, 15) is 29.6 Å². The zero-order valence-electron chi connectivity index (χ0n) is 14.7. The lowest BCUT2D eigenvalue weighted by Crippen LogP contribution is -2.64. The molecule has 1 saturated heterocycles. The van der Waals surface area contributed by atoms with Crippen LogP contribution in [0.4, 0.5) is 0 Å². The number of hydrogen-bond donors (Lipinski definition) is 5. The number of nitrogens with zero attached hydrogens (tertiary/aromatic N) is 1. The Hall–Kier alpha value is -0.620. The number of quaternary nitrogens is 1. The number of likely N-dealkylation sites (N-methyl/N-ethyl adjacent to an activating group) is 1. The van der Waals surface area contributed by atoms with Gasteiger partial charge in [-0.15, -0.1) is 0 Å². The highest BCUT2D eigenvalue weighted by molar-refractivity contribution is 7.47. The van der Waals surface area contributed by atoms with Gasteiger partial charge < -0.3 is 34.7 Å². The minimum atomic E-state index is -4.38. The maximum absolute atomic E-state index is 11.8. The van der Waals surface area contributed by atoms with Gasteiger partial charge in [0, 0.05) is 6.92 Å². The summed E-state index contributed by atoms with van der Waals surface area (Å²) in [4.78, 5) is 20.7. The molecule has 25 heavy (non-hydrogen) atoms. The highest BCUT2D eigenvalue weighted by atomic mass is 31.2. The molecule has 0 saturated carbocycles. The van der Waals surface area contributed by atoms with Gasteiger partial charge in [-0.2, -0.15) is 0 Å². The molecule has 1 fully saturated rings. The molecule has 6 atom stereocenters. The number of nitrogens with one attached hydrogen (secondary N) is 1. The molecule has 5 N–H and O–H groups in total. The number of phosphoric ester groups is 1. The van der Waals surface area contributed by atoms with Crippen LogP contribution in [0.15, 0.2) is 0 Å². The standard InChI is InChI=1S/C13H27N2O9P/c1-8(16)14-10-12(18)11(17)9(24-13(10)19)7-23-25(20,21)22-6-5-15(2,3)4/h9-13,17-19H,5-7H2,1-4H3,(H-,14,16,20,21)/p+1/t9-,10-,11+,12-,13?/m1/s1. The monoisotopic (exact) mass is 387 g/mol. The van der Waals surface area contributed by atoms with Gasteiger partial charge >= 0.3 is 7.82 Å². The van der Waals surface area contributed by atoms with Crippen LogP contribution in [0.25, 0.3) is 0 Å². The van der Waals surface area contributed by atoms with Crippen molar-refractivity contribution >= 4 is 13.7 Å². The first-order valence-corrected chi connectivity index (χ1v) is 9.21. The van der Waals surface area contributed by atoms with E-state index in [1.165, 1.54) is 6.92 Å². The highest BCUT2D eigenvalue weighted by Gasteiger charge is 2.45. The second-order valence-corrected chi connectivity index (χ2v) is 8.34. The van der Waals surface area contributed by atoms with Crippen molar-refractivity contribution in [3.8, 4) is 0 Å². The zero-order chi connectivity index (χ0) is 19.4. The summed E-state index contributed by atoms with van der Waals surface area (Å²) in [5.41, 5.74) is 0. The largest absolute Gasteiger partial charge is 0.472 e. The zero-order valence-corrected chi connectivity index (χ0v) is 15.6. The molecule has 1 rings (SSSR count). The fourth-order valence-electron chi connectivity index (χ4n) is 2.11. The molecule has 0 aliphatic carbocycles. The van der Waals surface area contributed by atoms with E-state index in [4.69, 9.17) is 13.8 Å². The van der Waals surface area contributed by atoms with Gasteiger partial charge in [0.1, 0.15) is 37.5 Å². The third-order valence-corrected chi connectivity index (χ3v) is 4.49. The summed E-state index contributed by atoms with van der Waals surface area (Å²) in [6.45, 7) is 1.02. The first-order valence-electron chi connectivity index (χ1n) is 7.71. The Balaban J connectivity index is 2.54. The highest BCUT2D eigenvalue weighted by Crippen LogP contribution is 2.43. The van der Waals surface area contributed by atoms with Crippen LogP contribution < -0.4 is 5.32 Å². The second kappa shape index (κ2) is 8.85. The molecule has 0 aromatic rings. The predicted octanol–water partition coefficient (Wildman–Crippen LogP) is -2.23. The second-order valence-electron chi connectivity index (χ2n) is 6.88. The van der Waals surface area contributed by atoms with Crippen molar-refractivity contribution in [1.82, 2.24) is 5.32 Å². The number of rotatable bonds is 8. The maximum atomic E-state index is 11.8. The molecule has 1 amide bonds. The van der Waals surface area contributed by atoms with Gasteiger partial charge in [0.15, 0.2) is 6.29 Å². The summed E-state index contributed by atoms with van der Waals surface area (Å²) in [6.07, 6.45) is -5.99. The van der Waals surface area contributed by atoms with Gasteiger partial charge in [-0.1, -0.05) is 0 Å². The molecule has 2 unspecified atom stereocenters. The van der Waals surface area contributed by atoms with Crippen LogP contribution in [0.3, 0.4) is 0 Å². The van der Waals surface area contributed by atoms with Crippen molar-refractivity contribution in [2.24, 2.45) is 0 Å². The van der Waals surface area contributed by atoms with Crippen molar-refractivity contribution < 1.29 is 47.8 Å². The van der Waals surface area contributed by atoms with Crippen LogP contribution in [-0.4, -0.2) is 102 Å². The van der Waals surface area contributed by atoms with E-state index in [0.717, 1.165) is 0 Å². The van der Waals surface area contributed by atoms with Gasteiger partial charge in [-0.3, -0.25) is 13.8 Å². The topological polar surface area (TPSA) is 155 Å². The SMILES string of the molecule is CC(=O)N[C@H]1C(O)O[C@H](COP(=O)(O)OCC[N+](C)(C)C)[C@H](O)[C@@H]1O. The molecule has 0 radical (unpaired) electrons. The number of aliphatic hydroxyl groups is 3. The normalized spacial score (nSPS) is 32.9. The lowest BCUT2D eigenvalue weighted by atomic mass is 9.97. The number of carbonyl (C=O) groups is 1. The minimum Gasteiger partial charge on any atom is -0.388 e. The molecule has 0 spiro atoms. The predicted molar refractivity (Wildman–Crippen MR) is 85.1 cm³/mol. The van der Waals surface area contributed by atoms with E-state index in [1.54, 1.807) is 0 Å². The lowest BCUT2D eigenvalue weighted by molar-refractivity contribution is -0.870. The number of amides is 1. The van der Waals surface area contributed by atoms with Crippen molar-refractivity contribution in [2.75, 3.05) is 40.9 Å². The van der Waals surface area contributed by atoms with Crippen LogP contribution in [-0.2, 0) is 23.1 Å². The lowest BCUT2D eigenvalue weighted by Gasteiger charge is -2.40. The molecular weight excluding hydrogens is 359 g/mol. The Morgan fingerprint density at radius 2 is 1.80 bits per heavy atom. The van der Waals surface area contributed by atoms with E-state index >= 15 is 0 Å². The van der Waals surface area contributed by atoms with E-state index in [0.29, 0.717) is 11.0 Å². The van der Waals surface area contributed by atoms with Gasteiger partial charge in [0.05, 0.1) is 27.7 Å².